The Morgan fingerprint density at radius 2 is 2.27 bits per heavy atom. The molecule has 0 spiro atoms. The van der Waals surface area contributed by atoms with Crippen LogP contribution in [0.5, 0.6) is 0 Å². The van der Waals surface area contributed by atoms with Crippen LogP contribution in [0.4, 0.5) is 5.95 Å². The summed E-state index contributed by atoms with van der Waals surface area (Å²) in [5, 5.41) is 4.10. The van der Waals surface area contributed by atoms with Crippen LogP contribution < -0.4 is 5.73 Å². The molecule has 1 aromatic rings. The second kappa shape index (κ2) is 5.33. The first kappa shape index (κ1) is 11.5. The number of nitrogens with two attached hydrogens (primary N) is 1. The number of nitrogen functional groups attached to an aromatic ring is 1. The second-order valence-electron chi connectivity index (χ2n) is 3.10. The van der Waals surface area contributed by atoms with Crippen LogP contribution in [-0.4, -0.2) is 27.3 Å². The van der Waals surface area contributed by atoms with Gasteiger partial charge in [0, 0.05) is 6.42 Å². The number of ether oxygens (including phenoxy) is 1. The van der Waals surface area contributed by atoms with E-state index in [-0.39, 0.29) is 18.5 Å². The number of carbonyl (C=O) groups is 1. The summed E-state index contributed by atoms with van der Waals surface area (Å²) >= 11 is 0. The quantitative estimate of drug-likeness (QED) is 0.713. The van der Waals surface area contributed by atoms with Crippen LogP contribution in [-0.2, 0) is 22.5 Å². The Hall–Kier alpha value is -1.59. The smallest absolute Gasteiger partial charge is 0.327 e. The minimum atomic E-state index is -0.350. The minimum Gasteiger partial charge on any atom is -0.465 e. The normalized spacial score (nSPS) is 10.3. The van der Waals surface area contributed by atoms with Crippen molar-refractivity contribution in [3.63, 3.8) is 0 Å². The minimum absolute atomic E-state index is 0.0242. The van der Waals surface area contributed by atoms with Crippen LogP contribution in [0.2, 0.25) is 0 Å². The SMILES string of the molecule is CCCc1nc(N)n(CC(=O)OCC)n1. The summed E-state index contributed by atoms with van der Waals surface area (Å²) in [6, 6.07) is 0. The predicted molar refractivity (Wildman–Crippen MR) is 55.1 cm³/mol. The fourth-order valence-corrected chi connectivity index (χ4v) is 1.18. The van der Waals surface area contributed by atoms with E-state index in [1.807, 2.05) is 6.92 Å². The topological polar surface area (TPSA) is 83.0 Å². The molecule has 1 aromatic heterocycles. The van der Waals surface area contributed by atoms with Crippen LogP contribution in [0, 0.1) is 0 Å². The first-order valence-electron chi connectivity index (χ1n) is 5.02. The monoisotopic (exact) mass is 212 g/mol. The third kappa shape index (κ3) is 3.23. The highest BCUT2D eigenvalue weighted by atomic mass is 16.5. The molecule has 6 heteroatoms. The highest BCUT2D eigenvalue weighted by Crippen LogP contribution is 2.02. The summed E-state index contributed by atoms with van der Waals surface area (Å²) in [7, 11) is 0. The number of nitrogens with zero attached hydrogens (tertiary/aromatic N) is 3. The Bertz CT molecular complexity index is 335. The molecule has 0 radical (unpaired) electrons. The number of esters is 1. The Kier molecular flexibility index (Phi) is 4.08. The Morgan fingerprint density at radius 3 is 2.87 bits per heavy atom. The van der Waals surface area contributed by atoms with Crippen LogP contribution in [0.15, 0.2) is 0 Å². The van der Waals surface area contributed by atoms with Gasteiger partial charge in [-0.05, 0) is 13.3 Å². The van der Waals surface area contributed by atoms with Crippen LogP contribution in [0.25, 0.3) is 0 Å². The summed E-state index contributed by atoms with van der Waals surface area (Å²) < 4.78 is 6.15. The van der Waals surface area contributed by atoms with Gasteiger partial charge in [-0.25, -0.2) is 4.68 Å². The summed E-state index contributed by atoms with van der Waals surface area (Å²) in [4.78, 5) is 15.2. The second-order valence-corrected chi connectivity index (χ2v) is 3.10. The van der Waals surface area contributed by atoms with Crippen molar-refractivity contribution in [3.05, 3.63) is 5.82 Å². The molecular weight excluding hydrogens is 196 g/mol. The lowest BCUT2D eigenvalue weighted by atomic mass is 10.3. The van der Waals surface area contributed by atoms with Gasteiger partial charge in [-0.2, -0.15) is 10.1 Å². The van der Waals surface area contributed by atoms with Gasteiger partial charge < -0.3 is 10.5 Å². The molecule has 0 aliphatic heterocycles. The molecule has 0 atom stereocenters. The molecule has 1 rings (SSSR count). The van der Waals surface area contributed by atoms with Crippen molar-refractivity contribution in [2.75, 3.05) is 12.3 Å². The van der Waals surface area contributed by atoms with E-state index in [0.29, 0.717) is 12.4 Å². The number of anilines is 1. The molecule has 0 aliphatic carbocycles. The molecule has 0 bridgehead atoms. The zero-order valence-corrected chi connectivity index (χ0v) is 9.06. The standard InChI is InChI=1S/C9H16N4O2/c1-3-5-7-11-9(10)13(12-7)6-8(14)15-4-2/h3-6H2,1-2H3,(H2,10,11,12). The molecule has 1 heterocycles. The highest BCUT2D eigenvalue weighted by Gasteiger charge is 2.10. The van der Waals surface area contributed by atoms with Gasteiger partial charge in [-0.1, -0.05) is 6.92 Å². The number of aromatic nitrogens is 3. The maximum atomic E-state index is 11.2. The Morgan fingerprint density at radius 1 is 1.53 bits per heavy atom. The Balaban J connectivity index is 2.64. The molecule has 84 valence electrons. The van der Waals surface area contributed by atoms with Gasteiger partial charge in [-0.15, -0.1) is 0 Å². The molecule has 0 unspecified atom stereocenters. The van der Waals surface area contributed by atoms with Gasteiger partial charge in [-0.3, -0.25) is 4.79 Å². The van der Waals surface area contributed by atoms with Gasteiger partial charge in [0.2, 0.25) is 5.95 Å². The number of aryl methyl sites for hydroxylation is 1. The number of carbonyl (C=O) groups excluding carboxylic acids is 1. The zero-order valence-electron chi connectivity index (χ0n) is 9.06. The average Bonchev–Trinajstić information content (AvgIpc) is 2.48. The maximum absolute atomic E-state index is 11.2. The van der Waals surface area contributed by atoms with Crippen molar-refractivity contribution in [3.8, 4) is 0 Å². The van der Waals surface area contributed by atoms with Crippen molar-refractivity contribution < 1.29 is 9.53 Å². The van der Waals surface area contributed by atoms with E-state index in [0.717, 1.165) is 12.8 Å². The number of hydrogen-bond donors (Lipinski definition) is 1. The van der Waals surface area contributed by atoms with Gasteiger partial charge in [0.05, 0.1) is 6.61 Å². The highest BCUT2D eigenvalue weighted by molar-refractivity contribution is 5.69. The molecule has 0 aliphatic rings. The van der Waals surface area contributed by atoms with Gasteiger partial charge in [0.1, 0.15) is 6.54 Å². The van der Waals surface area contributed by atoms with Crippen molar-refractivity contribution in [2.45, 2.75) is 33.2 Å². The zero-order chi connectivity index (χ0) is 11.3. The lowest BCUT2D eigenvalue weighted by molar-refractivity contribution is -0.144. The van der Waals surface area contributed by atoms with Crippen molar-refractivity contribution in [2.24, 2.45) is 0 Å². The fraction of sp³-hybridized carbons (Fsp3) is 0.667. The van der Waals surface area contributed by atoms with Crippen molar-refractivity contribution >= 4 is 11.9 Å². The summed E-state index contributed by atoms with van der Waals surface area (Å²) in [6.07, 6.45) is 1.71. The molecule has 0 saturated heterocycles. The van der Waals surface area contributed by atoms with E-state index >= 15 is 0 Å². The summed E-state index contributed by atoms with van der Waals surface area (Å²) in [5.74, 6) is 0.572. The van der Waals surface area contributed by atoms with Crippen LogP contribution in [0.3, 0.4) is 0 Å². The third-order valence-corrected chi connectivity index (χ3v) is 1.80. The number of hydrogen-bond acceptors (Lipinski definition) is 5. The maximum Gasteiger partial charge on any atom is 0.327 e. The van der Waals surface area contributed by atoms with E-state index in [1.165, 1.54) is 4.68 Å². The van der Waals surface area contributed by atoms with E-state index < -0.39 is 0 Å². The molecule has 0 saturated carbocycles. The molecule has 6 nitrogen and oxygen atoms in total. The lowest BCUT2D eigenvalue weighted by Crippen LogP contribution is -2.16. The summed E-state index contributed by atoms with van der Waals surface area (Å²) in [5.41, 5.74) is 5.60. The van der Waals surface area contributed by atoms with Crippen LogP contribution in [0.1, 0.15) is 26.1 Å². The van der Waals surface area contributed by atoms with E-state index in [4.69, 9.17) is 10.5 Å². The molecule has 2 N–H and O–H groups in total. The molecule has 0 fully saturated rings. The van der Waals surface area contributed by atoms with Crippen LogP contribution >= 0.6 is 0 Å². The first-order valence-corrected chi connectivity index (χ1v) is 5.02. The molecule has 0 aromatic carbocycles. The summed E-state index contributed by atoms with van der Waals surface area (Å²) in [6.45, 7) is 4.17. The van der Waals surface area contributed by atoms with E-state index in [2.05, 4.69) is 10.1 Å². The largest absolute Gasteiger partial charge is 0.465 e. The van der Waals surface area contributed by atoms with Crippen molar-refractivity contribution in [1.82, 2.24) is 14.8 Å². The third-order valence-electron chi connectivity index (χ3n) is 1.80. The Labute approximate surface area is 88.4 Å². The van der Waals surface area contributed by atoms with Gasteiger partial charge in [0.15, 0.2) is 5.82 Å². The first-order chi connectivity index (χ1) is 7.17. The van der Waals surface area contributed by atoms with Gasteiger partial charge >= 0.3 is 5.97 Å². The molecule has 15 heavy (non-hydrogen) atoms. The predicted octanol–water partition coefficient (Wildman–Crippen LogP) is 0.376. The number of rotatable bonds is 5. The van der Waals surface area contributed by atoms with Gasteiger partial charge in [0.25, 0.3) is 0 Å². The lowest BCUT2D eigenvalue weighted by Gasteiger charge is -2.01. The van der Waals surface area contributed by atoms with Crippen molar-refractivity contribution in [1.29, 1.82) is 0 Å². The molecular formula is C9H16N4O2. The average molecular weight is 212 g/mol. The van der Waals surface area contributed by atoms with E-state index in [9.17, 15) is 4.79 Å². The van der Waals surface area contributed by atoms with E-state index in [1.54, 1.807) is 6.92 Å². The molecule has 0 amide bonds. The fourth-order valence-electron chi connectivity index (χ4n) is 1.18.